The molecule has 0 radical (unpaired) electrons. The van der Waals surface area contributed by atoms with Crippen molar-refractivity contribution in [3.8, 4) is 6.07 Å². The van der Waals surface area contributed by atoms with Crippen LogP contribution in [0.5, 0.6) is 0 Å². The highest BCUT2D eigenvalue weighted by Gasteiger charge is 2.37. The van der Waals surface area contributed by atoms with Gasteiger partial charge in [-0.05, 0) is 31.5 Å². The van der Waals surface area contributed by atoms with Gasteiger partial charge in [0.05, 0.1) is 12.3 Å². The standard InChI is InChI=1S/C12H23NOSi/c1-11(10-13)8-7-9-14-15(5,6)12(2,3)4/h7,9,11H,8H2,1-6H3/b9-7+. The molecule has 0 aromatic carbocycles. The Labute approximate surface area is 95.1 Å². The average Bonchev–Trinajstić information content (AvgIpc) is 2.10. The summed E-state index contributed by atoms with van der Waals surface area (Å²) in [6.07, 6.45) is 4.50. The first kappa shape index (κ1) is 14.2. The van der Waals surface area contributed by atoms with Crippen LogP contribution in [0.25, 0.3) is 0 Å². The fraction of sp³-hybridized carbons (Fsp3) is 0.750. The summed E-state index contributed by atoms with van der Waals surface area (Å²) in [5, 5.41) is 8.84. The van der Waals surface area contributed by atoms with E-state index in [2.05, 4.69) is 39.9 Å². The van der Waals surface area contributed by atoms with Gasteiger partial charge in [0, 0.05) is 5.92 Å². The maximum Gasteiger partial charge on any atom is 0.249 e. The second-order valence-electron chi connectivity index (χ2n) is 5.52. The lowest BCUT2D eigenvalue weighted by molar-refractivity contribution is 0.427. The number of hydrogen-bond acceptors (Lipinski definition) is 2. The molecule has 0 fully saturated rings. The first-order valence-electron chi connectivity index (χ1n) is 5.43. The van der Waals surface area contributed by atoms with Gasteiger partial charge in [0.25, 0.3) is 0 Å². The first-order chi connectivity index (χ1) is 6.70. The summed E-state index contributed by atoms with van der Waals surface area (Å²) < 4.78 is 5.84. The zero-order valence-electron chi connectivity index (χ0n) is 10.8. The molecule has 3 heteroatoms. The summed E-state index contributed by atoms with van der Waals surface area (Å²) in [4.78, 5) is 0. The first-order valence-corrected chi connectivity index (χ1v) is 8.34. The van der Waals surface area contributed by atoms with Crippen molar-refractivity contribution in [2.45, 2.75) is 52.2 Å². The maximum atomic E-state index is 8.61. The molecule has 0 aliphatic heterocycles. The van der Waals surface area contributed by atoms with Gasteiger partial charge in [0.2, 0.25) is 8.32 Å². The van der Waals surface area contributed by atoms with Crippen LogP contribution in [0.4, 0.5) is 0 Å². The van der Waals surface area contributed by atoms with Crippen LogP contribution in [0.3, 0.4) is 0 Å². The van der Waals surface area contributed by atoms with E-state index in [4.69, 9.17) is 9.69 Å². The highest BCUT2D eigenvalue weighted by atomic mass is 28.4. The molecule has 2 nitrogen and oxygen atoms in total. The average molecular weight is 225 g/mol. The van der Waals surface area contributed by atoms with Crippen LogP contribution in [-0.4, -0.2) is 8.32 Å². The van der Waals surface area contributed by atoms with Crippen molar-refractivity contribution < 1.29 is 4.43 Å². The zero-order valence-corrected chi connectivity index (χ0v) is 11.8. The summed E-state index contributed by atoms with van der Waals surface area (Å²) >= 11 is 0. The Bertz CT molecular complexity index is 258. The van der Waals surface area contributed by atoms with Crippen LogP contribution in [-0.2, 0) is 4.43 Å². The molecular formula is C12H23NOSi. The summed E-state index contributed by atoms with van der Waals surface area (Å²) in [6, 6.07) is 2.20. The Morgan fingerprint density at radius 3 is 2.33 bits per heavy atom. The quantitative estimate of drug-likeness (QED) is 0.533. The summed E-state index contributed by atoms with van der Waals surface area (Å²) in [6.45, 7) is 13.0. The number of hydrogen-bond donors (Lipinski definition) is 0. The van der Waals surface area contributed by atoms with Gasteiger partial charge < -0.3 is 4.43 Å². The number of rotatable bonds is 4. The van der Waals surface area contributed by atoms with E-state index in [0.717, 1.165) is 6.42 Å². The monoisotopic (exact) mass is 225 g/mol. The van der Waals surface area contributed by atoms with Crippen LogP contribution >= 0.6 is 0 Å². The number of allylic oxidation sites excluding steroid dienone is 1. The summed E-state index contributed by atoms with van der Waals surface area (Å²) in [7, 11) is -1.66. The molecule has 0 heterocycles. The van der Waals surface area contributed by atoms with Crippen molar-refractivity contribution in [1.82, 2.24) is 0 Å². The van der Waals surface area contributed by atoms with Crippen LogP contribution in [0, 0.1) is 17.2 Å². The van der Waals surface area contributed by atoms with Crippen molar-refractivity contribution in [3.05, 3.63) is 12.3 Å². The van der Waals surface area contributed by atoms with Crippen molar-refractivity contribution in [2.24, 2.45) is 5.92 Å². The van der Waals surface area contributed by atoms with Gasteiger partial charge >= 0.3 is 0 Å². The highest BCUT2D eigenvalue weighted by Crippen LogP contribution is 2.36. The predicted molar refractivity (Wildman–Crippen MR) is 66.8 cm³/mol. The van der Waals surface area contributed by atoms with Crippen LogP contribution in [0.15, 0.2) is 12.3 Å². The van der Waals surface area contributed by atoms with E-state index in [1.807, 2.05) is 13.0 Å². The van der Waals surface area contributed by atoms with Crippen molar-refractivity contribution in [3.63, 3.8) is 0 Å². The van der Waals surface area contributed by atoms with E-state index < -0.39 is 8.32 Å². The van der Waals surface area contributed by atoms with E-state index in [-0.39, 0.29) is 11.0 Å². The molecular weight excluding hydrogens is 202 g/mol. The molecule has 15 heavy (non-hydrogen) atoms. The van der Waals surface area contributed by atoms with Gasteiger partial charge in [0.1, 0.15) is 0 Å². The lowest BCUT2D eigenvalue weighted by Gasteiger charge is -2.35. The second kappa shape index (κ2) is 5.36. The molecule has 0 aromatic heterocycles. The van der Waals surface area contributed by atoms with Crippen molar-refractivity contribution in [1.29, 1.82) is 5.26 Å². The maximum absolute atomic E-state index is 8.61. The molecule has 0 spiro atoms. The van der Waals surface area contributed by atoms with Gasteiger partial charge in [0.15, 0.2) is 0 Å². The highest BCUT2D eigenvalue weighted by molar-refractivity contribution is 6.74. The van der Waals surface area contributed by atoms with Crippen molar-refractivity contribution in [2.75, 3.05) is 0 Å². The van der Waals surface area contributed by atoms with Gasteiger partial charge in [-0.2, -0.15) is 5.26 Å². The SMILES string of the molecule is CC(C#N)C/C=C/O[Si](C)(C)C(C)(C)C. The normalized spacial score (nSPS) is 15.0. The minimum absolute atomic E-state index is 0.0734. The molecule has 0 amide bonds. The van der Waals surface area contributed by atoms with Gasteiger partial charge in [-0.15, -0.1) is 0 Å². The van der Waals surface area contributed by atoms with Crippen LogP contribution in [0.1, 0.15) is 34.1 Å². The molecule has 86 valence electrons. The Balaban J connectivity index is 4.12. The lowest BCUT2D eigenvalue weighted by Crippen LogP contribution is -2.39. The largest absolute Gasteiger partial charge is 0.549 e. The zero-order chi connectivity index (χ0) is 12.1. The van der Waals surface area contributed by atoms with Gasteiger partial charge in [-0.25, -0.2) is 0 Å². The smallest absolute Gasteiger partial charge is 0.249 e. The third-order valence-corrected chi connectivity index (χ3v) is 7.31. The predicted octanol–water partition coefficient (Wildman–Crippen LogP) is 4.07. The third kappa shape index (κ3) is 5.03. The molecule has 1 atom stereocenters. The molecule has 1 unspecified atom stereocenters. The van der Waals surface area contributed by atoms with E-state index in [0.29, 0.717) is 0 Å². The topological polar surface area (TPSA) is 33.0 Å². The molecule has 0 aliphatic carbocycles. The molecule has 0 saturated heterocycles. The molecule has 0 bridgehead atoms. The van der Waals surface area contributed by atoms with Gasteiger partial charge in [-0.1, -0.05) is 26.8 Å². The fourth-order valence-electron chi connectivity index (χ4n) is 0.707. The molecule has 0 aromatic rings. The molecule has 0 N–H and O–H groups in total. The molecule has 0 saturated carbocycles. The fourth-order valence-corrected chi connectivity index (χ4v) is 1.50. The second-order valence-corrected chi connectivity index (χ2v) is 10.3. The van der Waals surface area contributed by atoms with Crippen molar-refractivity contribution >= 4 is 8.32 Å². The van der Waals surface area contributed by atoms with Crippen LogP contribution < -0.4 is 0 Å². The summed E-state index contributed by atoms with van der Waals surface area (Å²) in [5.74, 6) is 0.0734. The van der Waals surface area contributed by atoms with E-state index in [9.17, 15) is 0 Å². The Kier molecular flexibility index (Phi) is 5.09. The Morgan fingerprint density at radius 2 is 1.93 bits per heavy atom. The summed E-state index contributed by atoms with van der Waals surface area (Å²) in [5.41, 5.74) is 0. The van der Waals surface area contributed by atoms with Gasteiger partial charge in [-0.3, -0.25) is 0 Å². The molecule has 0 aliphatic rings. The third-order valence-electron chi connectivity index (χ3n) is 2.98. The number of nitriles is 1. The van der Waals surface area contributed by atoms with E-state index >= 15 is 0 Å². The van der Waals surface area contributed by atoms with E-state index in [1.165, 1.54) is 0 Å². The minimum atomic E-state index is -1.66. The van der Waals surface area contributed by atoms with Crippen LogP contribution in [0.2, 0.25) is 18.1 Å². The Morgan fingerprint density at radius 1 is 1.40 bits per heavy atom. The number of nitrogens with zero attached hydrogens (tertiary/aromatic N) is 1. The minimum Gasteiger partial charge on any atom is -0.549 e. The lowest BCUT2D eigenvalue weighted by atomic mass is 10.1. The molecule has 0 rings (SSSR count). The van der Waals surface area contributed by atoms with E-state index in [1.54, 1.807) is 6.26 Å². The Hall–Kier alpha value is -0.753.